The van der Waals surface area contributed by atoms with E-state index in [9.17, 15) is 13.2 Å². The molecule has 0 bridgehead atoms. The van der Waals surface area contributed by atoms with Crippen molar-refractivity contribution in [2.45, 2.75) is 4.90 Å². The number of nitrogens with one attached hydrogen (secondary N) is 1. The zero-order valence-corrected chi connectivity index (χ0v) is 19.8. The van der Waals surface area contributed by atoms with E-state index in [4.69, 9.17) is 9.47 Å². The standard InChI is InChI=1S/C23H23BrN2O5S/c1-30-20-11-13-21(14-12-20)31-16-15-25-23(27)17-26(19-9-7-18(24)8-10-19)32(28,29)22-5-3-2-4-6-22/h2-14H,15-17H2,1H3,(H,25,27). The molecule has 1 N–H and O–H groups in total. The lowest BCUT2D eigenvalue weighted by molar-refractivity contribution is -0.119. The fourth-order valence-electron chi connectivity index (χ4n) is 2.86. The quantitative estimate of drug-likeness (QED) is 0.412. The van der Waals surface area contributed by atoms with E-state index in [1.807, 2.05) is 0 Å². The first-order valence-corrected chi connectivity index (χ1v) is 12.0. The van der Waals surface area contributed by atoms with Crippen molar-refractivity contribution in [1.29, 1.82) is 0 Å². The van der Waals surface area contributed by atoms with E-state index in [1.54, 1.807) is 73.8 Å². The number of hydrogen-bond acceptors (Lipinski definition) is 5. The molecule has 0 aromatic heterocycles. The van der Waals surface area contributed by atoms with Gasteiger partial charge in [0.15, 0.2) is 0 Å². The number of rotatable bonds is 10. The summed E-state index contributed by atoms with van der Waals surface area (Å²) in [6.07, 6.45) is 0. The van der Waals surface area contributed by atoms with Crippen LogP contribution in [0.25, 0.3) is 0 Å². The van der Waals surface area contributed by atoms with Crippen molar-refractivity contribution in [2.24, 2.45) is 0 Å². The van der Waals surface area contributed by atoms with Crippen LogP contribution in [0.2, 0.25) is 0 Å². The fourth-order valence-corrected chi connectivity index (χ4v) is 4.57. The van der Waals surface area contributed by atoms with Gasteiger partial charge >= 0.3 is 0 Å². The van der Waals surface area contributed by atoms with Crippen LogP contribution in [0, 0.1) is 0 Å². The second-order valence-corrected chi connectivity index (χ2v) is 9.45. The van der Waals surface area contributed by atoms with Gasteiger partial charge in [0, 0.05) is 4.47 Å². The van der Waals surface area contributed by atoms with E-state index in [2.05, 4.69) is 21.2 Å². The molecule has 0 unspecified atom stereocenters. The van der Waals surface area contributed by atoms with Crippen LogP contribution < -0.4 is 19.1 Å². The Morgan fingerprint density at radius 2 is 1.56 bits per heavy atom. The van der Waals surface area contributed by atoms with E-state index in [0.29, 0.717) is 11.4 Å². The van der Waals surface area contributed by atoms with Crippen molar-refractivity contribution in [2.75, 3.05) is 31.1 Å². The van der Waals surface area contributed by atoms with Crippen LogP contribution >= 0.6 is 15.9 Å². The number of carbonyl (C=O) groups is 1. The number of sulfonamides is 1. The van der Waals surface area contributed by atoms with Crippen LogP contribution in [0.5, 0.6) is 11.5 Å². The highest BCUT2D eigenvalue weighted by molar-refractivity contribution is 9.10. The van der Waals surface area contributed by atoms with E-state index in [0.717, 1.165) is 14.5 Å². The molecule has 9 heteroatoms. The summed E-state index contributed by atoms with van der Waals surface area (Å²) in [4.78, 5) is 12.7. The van der Waals surface area contributed by atoms with Crippen molar-refractivity contribution in [3.05, 3.63) is 83.3 Å². The van der Waals surface area contributed by atoms with Crippen molar-refractivity contribution < 1.29 is 22.7 Å². The Bertz CT molecular complexity index is 1120. The minimum Gasteiger partial charge on any atom is -0.497 e. The van der Waals surface area contributed by atoms with Crippen LogP contribution in [0.3, 0.4) is 0 Å². The number of carbonyl (C=O) groups excluding carboxylic acids is 1. The first-order chi connectivity index (χ1) is 15.4. The number of anilines is 1. The molecular weight excluding hydrogens is 496 g/mol. The minimum atomic E-state index is -3.93. The van der Waals surface area contributed by atoms with Gasteiger partial charge in [0.05, 0.1) is 24.2 Å². The number of ether oxygens (including phenoxy) is 2. The van der Waals surface area contributed by atoms with Gasteiger partial charge in [0.2, 0.25) is 5.91 Å². The lowest BCUT2D eigenvalue weighted by Gasteiger charge is -2.24. The van der Waals surface area contributed by atoms with Gasteiger partial charge in [-0.1, -0.05) is 34.1 Å². The monoisotopic (exact) mass is 518 g/mol. The summed E-state index contributed by atoms with van der Waals surface area (Å²) in [5.41, 5.74) is 0.390. The van der Waals surface area contributed by atoms with Gasteiger partial charge in [-0.2, -0.15) is 0 Å². The summed E-state index contributed by atoms with van der Waals surface area (Å²) in [5.74, 6) is 0.923. The van der Waals surface area contributed by atoms with Crippen LogP contribution in [0.4, 0.5) is 5.69 Å². The lowest BCUT2D eigenvalue weighted by Crippen LogP contribution is -2.41. The second kappa shape index (κ2) is 11.0. The molecule has 0 spiro atoms. The number of hydrogen-bond donors (Lipinski definition) is 1. The third-order valence-electron chi connectivity index (χ3n) is 4.49. The smallest absolute Gasteiger partial charge is 0.264 e. The predicted octanol–water partition coefficient (Wildman–Crippen LogP) is 3.85. The fraction of sp³-hybridized carbons (Fsp3) is 0.174. The molecule has 0 heterocycles. The lowest BCUT2D eigenvalue weighted by atomic mass is 10.3. The Labute approximate surface area is 196 Å². The summed E-state index contributed by atoms with van der Waals surface area (Å²) < 4.78 is 39.0. The molecule has 3 rings (SSSR count). The SMILES string of the molecule is COc1ccc(OCCNC(=O)CN(c2ccc(Br)cc2)S(=O)(=O)c2ccccc2)cc1. The summed E-state index contributed by atoms with van der Waals surface area (Å²) in [7, 11) is -2.34. The van der Waals surface area contributed by atoms with Crippen molar-refractivity contribution in [3.8, 4) is 11.5 Å². The maximum Gasteiger partial charge on any atom is 0.264 e. The Hall–Kier alpha value is -3.04. The molecule has 0 saturated heterocycles. The maximum atomic E-state index is 13.2. The molecule has 1 amide bonds. The zero-order valence-electron chi connectivity index (χ0n) is 17.4. The summed E-state index contributed by atoms with van der Waals surface area (Å²) in [6, 6.07) is 21.8. The highest BCUT2D eigenvalue weighted by Crippen LogP contribution is 2.25. The summed E-state index contributed by atoms with van der Waals surface area (Å²) in [5, 5.41) is 2.71. The van der Waals surface area contributed by atoms with Gasteiger partial charge in [0.1, 0.15) is 24.7 Å². The molecule has 0 fully saturated rings. The molecule has 168 valence electrons. The summed E-state index contributed by atoms with van der Waals surface area (Å²) in [6.45, 7) is 0.105. The van der Waals surface area contributed by atoms with E-state index in [-0.39, 0.29) is 24.6 Å². The van der Waals surface area contributed by atoms with Crippen LogP contribution in [-0.4, -0.2) is 41.1 Å². The van der Waals surface area contributed by atoms with Crippen molar-refractivity contribution >= 4 is 37.5 Å². The van der Waals surface area contributed by atoms with Crippen LogP contribution in [0.1, 0.15) is 0 Å². The van der Waals surface area contributed by atoms with E-state index < -0.39 is 15.9 Å². The number of nitrogens with zero attached hydrogens (tertiary/aromatic N) is 1. The third kappa shape index (κ3) is 6.24. The highest BCUT2D eigenvalue weighted by Gasteiger charge is 2.27. The van der Waals surface area contributed by atoms with E-state index in [1.165, 1.54) is 12.1 Å². The highest BCUT2D eigenvalue weighted by atomic mass is 79.9. The average Bonchev–Trinajstić information content (AvgIpc) is 2.82. The van der Waals surface area contributed by atoms with Crippen molar-refractivity contribution in [1.82, 2.24) is 5.32 Å². The molecule has 0 aliphatic carbocycles. The minimum absolute atomic E-state index is 0.110. The first kappa shape index (κ1) is 23.6. The molecule has 32 heavy (non-hydrogen) atoms. The molecule has 7 nitrogen and oxygen atoms in total. The first-order valence-electron chi connectivity index (χ1n) is 9.77. The van der Waals surface area contributed by atoms with Crippen molar-refractivity contribution in [3.63, 3.8) is 0 Å². The van der Waals surface area contributed by atoms with Gasteiger partial charge in [-0.05, 0) is 60.7 Å². The third-order valence-corrected chi connectivity index (χ3v) is 6.80. The van der Waals surface area contributed by atoms with Gasteiger partial charge in [-0.3, -0.25) is 9.10 Å². The molecule has 3 aromatic carbocycles. The van der Waals surface area contributed by atoms with Gasteiger partial charge in [-0.15, -0.1) is 0 Å². The van der Waals surface area contributed by atoms with Gasteiger partial charge in [0.25, 0.3) is 10.0 Å². The Balaban J connectivity index is 1.65. The zero-order chi connectivity index (χ0) is 23.0. The van der Waals surface area contributed by atoms with Gasteiger partial charge < -0.3 is 14.8 Å². The van der Waals surface area contributed by atoms with Crippen LogP contribution in [-0.2, 0) is 14.8 Å². The number of halogens is 1. The Morgan fingerprint density at radius 1 is 0.938 bits per heavy atom. The molecule has 3 aromatic rings. The predicted molar refractivity (Wildman–Crippen MR) is 127 cm³/mol. The van der Waals surface area contributed by atoms with Crippen LogP contribution in [0.15, 0.2) is 88.2 Å². The van der Waals surface area contributed by atoms with Gasteiger partial charge in [-0.25, -0.2) is 8.42 Å². The number of methoxy groups -OCH3 is 1. The summed E-state index contributed by atoms with van der Waals surface area (Å²) >= 11 is 3.34. The maximum absolute atomic E-state index is 13.2. The Kier molecular flexibility index (Phi) is 8.13. The second-order valence-electron chi connectivity index (χ2n) is 6.68. The molecule has 0 aliphatic rings. The molecule has 0 aliphatic heterocycles. The normalized spacial score (nSPS) is 10.9. The number of benzene rings is 3. The molecule has 0 saturated carbocycles. The largest absolute Gasteiger partial charge is 0.497 e. The average molecular weight is 519 g/mol. The Morgan fingerprint density at radius 3 is 2.19 bits per heavy atom. The topological polar surface area (TPSA) is 84.9 Å². The molecule has 0 radical (unpaired) electrons. The molecular formula is C23H23BrN2O5S. The number of amides is 1. The molecule has 0 atom stereocenters. The van der Waals surface area contributed by atoms with E-state index >= 15 is 0 Å².